The Balaban J connectivity index is 2.12. The second-order valence-corrected chi connectivity index (χ2v) is 4.14. The van der Waals surface area contributed by atoms with Crippen molar-refractivity contribution in [1.29, 1.82) is 0 Å². The first-order valence-corrected chi connectivity index (χ1v) is 5.67. The van der Waals surface area contributed by atoms with E-state index in [9.17, 15) is 0 Å². The first-order valence-electron chi connectivity index (χ1n) is 5.67. The maximum absolute atomic E-state index is 4.73. The van der Waals surface area contributed by atoms with Crippen molar-refractivity contribution in [3.05, 3.63) is 53.6 Å². The number of oxime groups is 1. The molecule has 0 N–H and O–H groups in total. The van der Waals surface area contributed by atoms with Gasteiger partial charge in [0.25, 0.3) is 0 Å². The van der Waals surface area contributed by atoms with Crippen LogP contribution in [0.4, 0.5) is 0 Å². The van der Waals surface area contributed by atoms with Crippen LogP contribution in [0.1, 0.15) is 11.1 Å². The van der Waals surface area contributed by atoms with Gasteiger partial charge in [0, 0.05) is 0 Å². The molecule has 0 aliphatic heterocycles. The van der Waals surface area contributed by atoms with Crippen molar-refractivity contribution < 1.29 is 4.84 Å². The lowest BCUT2D eigenvalue weighted by atomic mass is 10.0. The fourth-order valence-electron chi connectivity index (χ4n) is 2.29. The topological polar surface area (TPSA) is 21.6 Å². The van der Waals surface area contributed by atoms with E-state index in [1.807, 2.05) is 0 Å². The van der Waals surface area contributed by atoms with Gasteiger partial charge in [-0.15, -0.1) is 0 Å². The molecule has 0 bridgehead atoms. The average Bonchev–Trinajstić information content (AvgIpc) is 2.76. The number of hydrogen-bond acceptors (Lipinski definition) is 2. The lowest BCUT2D eigenvalue weighted by Crippen LogP contribution is -1.87. The Hall–Kier alpha value is -2.09. The van der Waals surface area contributed by atoms with E-state index in [0.717, 1.165) is 12.0 Å². The molecule has 0 saturated carbocycles. The Kier molecular flexibility index (Phi) is 2.41. The maximum atomic E-state index is 4.73. The number of rotatable bonds is 2. The van der Waals surface area contributed by atoms with Crippen LogP contribution in [0.5, 0.6) is 0 Å². The lowest BCUT2D eigenvalue weighted by molar-refractivity contribution is 0.216. The summed E-state index contributed by atoms with van der Waals surface area (Å²) in [5, 5.41) is 6.40. The number of nitrogens with zero attached hydrogens (tertiary/aromatic N) is 1. The summed E-state index contributed by atoms with van der Waals surface area (Å²) in [7, 11) is 1.56. The minimum Gasteiger partial charge on any atom is -0.399 e. The molecule has 0 atom stereocenters. The standard InChI is InChI=1S/C15H13NO/c1-17-16-10-14-7-6-13-8-11-4-2-3-5-12(11)9-15(13)14/h2-5,7-10H,6H2,1H3/b16-10+. The van der Waals surface area contributed by atoms with E-state index in [1.165, 1.54) is 21.9 Å². The highest BCUT2D eigenvalue weighted by atomic mass is 16.6. The van der Waals surface area contributed by atoms with Gasteiger partial charge in [-0.3, -0.25) is 0 Å². The molecule has 2 nitrogen and oxygen atoms in total. The SMILES string of the molecule is CO/N=C/C1=CCc2cc3ccccc3cc21. The molecule has 1 aliphatic carbocycles. The van der Waals surface area contributed by atoms with Crippen LogP contribution in [0.3, 0.4) is 0 Å². The smallest absolute Gasteiger partial charge is 0.106 e. The summed E-state index contributed by atoms with van der Waals surface area (Å²) in [6.07, 6.45) is 4.94. The molecule has 1 aliphatic rings. The Bertz CT molecular complexity index is 626. The van der Waals surface area contributed by atoms with Gasteiger partial charge in [0.2, 0.25) is 0 Å². The highest BCUT2D eigenvalue weighted by molar-refractivity contribution is 6.12. The Morgan fingerprint density at radius 2 is 1.94 bits per heavy atom. The van der Waals surface area contributed by atoms with Crippen LogP contribution in [0.15, 0.2) is 47.6 Å². The van der Waals surface area contributed by atoms with E-state index in [-0.39, 0.29) is 0 Å². The van der Waals surface area contributed by atoms with Crippen LogP contribution < -0.4 is 0 Å². The molecule has 0 amide bonds. The first-order chi connectivity index (χ1) is 8.38. The molecule has 2 aromatic carbocycles. The van der Waals surface area contributed by atoms with E-state index in [2.05, 4.69) is 47.6 Å². The molecule has 17 heavy (non-hydrogen) atoms. The molecule has 0 fully saturated rings. The van der Waals surface area contributed by atoms with Crippen LogP contribution in [-0.4, -0.2) is 13.3 Å². The zero-order valence-corrected chi connectivity index (χ0v) is 9.68. The predicted octanol–water partition coefficient (Wildman–Crippen LogP) is 3.41. The fourth-order valence-corrected chi connectivity index (χ4v) is 2.29. The van der Waals surface area contributed by atoms with Crippen LogP contribution in [-0.2, 0) is 11.3 Å². The van der Waals surface area contributed by atoms with Crippen molar-refractivity contribution >= 4 is 22.6 Å². The van der Waals surface area contributed by atoms with Crippen LogP contribution in [0.25, 0.3) is 16.3 Å². The molecular formula is C15H13NO. The summed E-state index contributed by atoms with van der Waals surface area (Å²) >= 11 is 0. The van der Waals surface area contributed by atoms with Gasteiger partial charge in [-0.25, -0.2) is 0 Å². The summed E-state index contributed by atoms with van der Waals surface area (Å²) in [5.74, 6) is 0. The summed E-state index contributed by atoms with van der Waals surface area (Å²) in [6, 6.07) is 12.9. The Labute approximate surface area is 100 Å². The summed E-state index contributed by atoms with van der Waals surface area (Å²) in [5.41, 5.74) is 3.78. The second kappa shape index (κ2) is 4.06. The van der Waals surface area contributed by atoms with E-state index in [4.69, 9.17) is 4.84 Å². The molecular weight excluding hydrogens is 210 g/mol. The molecule has 3 rings (SSSR count). The van der Waals surface area contributed by atoms with E-state index in [0.29, 0.717) is 0 Å². The molecule has 0 aromatic heterocycles. The number of allylic oxidation sites excluding steroid dienone is 2. The summed E-state index contributed by atoms with van der Waals surface area (Å²) in [6.45, 7) is 0. The number of benzene rings is 2. The predicted molar refractivity (Wildman–Crippen MR) is 71.1 cm³/mol. The molecule has 0 saturated heterocycles. The highest BCUT2D eigenvalue weighted by Crippen LogP contribution is 2.30. The largest absolute Gasteiger partial charge is 0.399 e. The lowest BCUT2D eigenvalue weighted by Gasteiger charge is -2.04. The van der Waals surface area contributed by atoms with E-state index >= 15 is 0 Å². The summed E-state index contributed by atoms with van der Waals surface area (Å²) in [4.78, 5) is 4.73. The van der Waals surface area contributed by atoms with Gasteiger partial charge in [-0.05, 0) is 40.0 Å². The third-order valence-electron chi connectivity index (χ3n) is 3.12. The van der Waals surface area contributed by atoms with Crippen molar-refractivity contribution in [2.45, 2.75) is 6.42 Å². The van der Waals surface area contributed by atoms with E-state index in [1.54, 1.807) is 13.3 Å². The molecule has 2 heteroatoms. The maximum Gasteiger partial charge on any atom is 0.106 e. The van der Waals surface area contributed by atoms with Gasteiger partial charge in [0.15, 0.2) is 0 Å². The second-order valence-electron chi connectivity index (χ2n) is 4.14. The Morgan fingerprint density at radius 1 is 1.18 bits per heavy atom. The van der Waals surface area contributed by atoms with Gasteiger partial charge >= 0.3 is 0 Å². The minimum absolute atomic E-state index is 0.977. The van der Waals surface area contributed by atoms with Gasteiger partial charge in [-0.2, -0.15) is 0 Å². The number of hydrogen-bond donors (Lipinski definition) is 0. The van der Waals surface area contributed by atoms with Crippen molar-refractivity contribution in [2.24, 2.45) is 5.16 Å². The fraction of sp³-hybridized carbons (Fsp3) is 0.133. The molecule has 0 heterocycles. The zero-order chi connectivity index (χ0) is 11.7. The van der Waals surface area contributed by atoms with Crippen LogP contribution in [0, 0.1) is 0 Å². The third-order valence-corrected chi connectivity index (χ3v) is 3.12. The quantitative estimate of drug-likeness (QED) is 0.564. The monoisotopic (exact) mass is 223 g/mol. The van der Waals surface area contributed by atoms with Crippen molar-refractivity contribution in [3.8, 4) is 0 Å². The van der Waals surface area contributed by atoms with Crippen LogP contribution >= 0.6 is 0 Å². The van der Waals surface area contributed by atoms with Gasteiger partial charge in [0.1, 0.15) is 7.11 Å². The van der Waals surface area contributed by atoms with E-state index < -0.39 is 0 Å². The van der Waals surface area contributed by atoms with Crippen molar-refractivity contribution in [2.75, 3.05) is 7.11 Å². The van der Waals surface area contributed by atoms with Crippen molar-refractivity contribution in [3.63, 3.8) is 0 Å². The third kappa shape index (κ3) is 1.72. The van der Waals surface area contributed by atoms with Gasteiger partial charge < -0.3 is 4.84 Å². The molecule has 84 valence electrons. The molecule has 0 radical (unpaired) electrons. The Morgan fingerprint density at radius 3 is 2.71 bits per heavy atom. The van der Waals surface area contributed by atoms with Gasteiger partial charge in [0.05, 0.1) is 6.21 Å². The van der Waals surface area contributed by atoms with Crippen LogP contribution in [0.2, 0.25) is 0 Å². The van der Waals surface area contributed by atoms with Crippen molar-refractivity contribution in [1.82, 2.24) is 0 Å². The molecule has 0 spiro atoms. The zero-order valence-electron chi connectivity index (χ0n) is 9.68. The summed E-state index contributed by atoms with van der Waals surface area (Å²) < 4.78 is 0. The minimum atomic E-state index is 0.977. The average molecular weight is 223 g/mol. The number of fused-ring (bicyclic) bond motifs is 2. The molecule has 0 unspecified atom stereocenters. The van der Waals surface area contributed by atoms with Gasteiger partial charge in [-0.1, -0.05) is 41.6 Å². The molecule has 2 aromatic rings. The first kappa shape index (κ1) is 10.1. The normalized spacial score (nSPS) is 14.1. The highest BCUT2D eigenvalue weighted by Gasteiger charge is 2.13.